The molecule has 13 heavy (non-hydrogen) atoms. The predicted octanol–water partition coefficient (Wildman–Crippen LogP) is 3.47. The highest BCUT2D eigenvalue weighted by atomic mass is 32.1. The molecule has 0 aromatic heterocycles. The summed E-state index contributed by atoms with van der Waals surface area (Å²) in [6.45, 7) is 1.91. The van der Waals surface area contributed by atoms with E-state index in [0.29, 0.717) is 5.56 Å². The molecule has 0 saturated heterocycles. The summed E-state index contributed by atoms with van der Waals surface area (Å²) in [6.07, 6.45) is 4.64. The third kappa shape index (κ3) is 2.88. The molecule has 1 aromatic carbocycles. The first-order chi connectivity index (χ1) is 6.25. The molecule has 0 saturated carbocycles. The Morgan fingerprint density at radius 2 is 2.23 bits per heavy atom. The van der Waals surface area contributed by atoms with Gasteiger partial charge in [0.25, 0.3) is 0 Å². The first-order valence-electron chi connectivity index (χ1n) is 4.28. The fraction of sp³-hybridized carbons (Fsp3) is 0.273. The van der Waals surface area contributed by atoms with E-state index >= 15 is 0 Å². The maximum atomic E-state index is 13.2. The molecule has 0 N–H and O–H groups in total. The van der Waals surface area contributed by atoms with Crippen molar-refractivity contribution in [3.63, 3.8) is 0 Å². The minimum Gasteiger partial charge on any atom is -0.206 e. The van der Waals surface area contributed by atoms with E-state index in [4.69, 9.17) is 0 Å². The Kier molecular flexibility index (Phi) is 4.03. The van der Waals surface area contributed by atoms with E-state index in [1.54, 1.807) is 6.07 Å². The number of aryl methyl sites for hydroxylation is 1. The van der Waals surface area contributed by atoms with Crippen molar-refractivity contribution in [3.8, 4) is 0 Å². The van der Waals surface area contributed by atoms with E-state index in [1.807, 2.05) is 25.1 Å². The van der Waals surface area contributed by atoms with Crippen molar-refractivity contribution in [2.24, 2.45) is 0 Å². The molecule has 0 aliphatic carbocycles. The molecular weight excluding hydrogens is 183 g/mol. The van der Waals surface area contributed by atoms with Crippen LogP contribution < -0.4 is 0 Å². The van der Waals surface area contributed by atoms with Gasteiger partial charge in [-0.15, -0.1) is 0 Å². The average molecular weight is 196 g/mol. The molecule has 70 valence electrons. The first kappa shape index (κ1) is 10.3. The molecule has 0 aliphatic rings. The molecule has 0 heterocycles. The molecule has 0 amide bonds. The molecule has 2 heteroatoms. The quantitative estimate of drug-likeness (QED) is 0.703. The summed E-state index contributed by atoms with van der Waals surface area (Å²) < 4.78 is 13.2. The zero-order valence-electron chi connectivity index (χ0n) is 7.63. The zero-order valence-corrected chi connectivity index (χ0v) is 8.52. The van der Waals surface area contributed by atoms with Gasteiger partial charge in [-0.25, -0.2) is 4.39 Å². The fourth-order valence-corrected chi connectivity index (χ4v) is 1.28. The number of hydrogen-bond acceptors (Lipinski definition) is 1. The van der Waals surface area contributed by atoms with Crippen LogP contribution in [0.2, 0.25) is 0 Å². The van der Waals surface area contributed by atoms with Crippen LogP contribution in [0.5, 0.6) is 0 Å². The topological polar surface area (TPSA) is 0 Å². The second-order valence-electron chi connectivity index (χ2n) is 2.89. The molecule has 0 bridgehead atoms. The number of allylic oxidation sites excluding steroid dienone is 1. The summed E-state index contributed by atoms with van der Waals surface area (Å²) in [5.74, 6) is 0.639. The minimum atomic E-state index is -0.157. The fourth-order valence-electron chi connectivity index (χ4n) is 1.13. The lowest BCUT2D eigenvalue weighted by Crippen LogP contribution is -1.85. The third-order valence-electron chi connectivity index (χ3n) is 1.85. The molecule has 0 spiro atoms. The van der Waals surface area contributed by atoms with Gasteiger partial charge in [-0.05, 0) is 30.7 Å². The van der Waals surface area contributed by atoms with E-state index in [2.05, 4.69) is 12.6 Å². The molecule has 1 rings (SSSR count). The molecule has 0 unspecified atom stereocenters. The summed E-state index contributed by atoms with van der Waals surface area (Å²) >= 11 is 4.07. The largest absolute Gasteiger partial charge is 0.206 e. The molecule has 1 aromatic rings. The van der Waals surface area contributed by atoms with Gasteiger partial charge < -0.3 is 0 Å². The molecule has 0 fully saturated rings. The second kappa shape index (κ2) is 5.07. The Hall–Kier alpha value is -0.760. The Morgan fingerprint density at radius 1 is 1.46 bits per heavy atom. The van der Waals surface area contributed by atoms with Crippen molar-refractivity contribution in [2.75, 3.05) is 5.75 Å². The average Bonchev–Trinajstić information content (AvgIpc) is 2.10. The lowest BCUT2D eigenvalue weighted by atomic mass is 10.1. The normalized spacial score (nSPS) is 11.0. The zero-order chi connectivity index (χ0) is 9.68. The summed E-state index contributed by atoms with van der Waals surface area (Å²) in [7, 11) is 0. The Morgan fingerprint density at radius 3 is 2.85 bits per heavy atom. The van der Waals surface area contributed by atoms with Gasteiger partial charge in [0.2, 0.25) is 0 Å². The highest BCUT2D eigenvalue weighted by molar-refractivity contribution is 7.80. The highest BCUT2D eigenvalue weighted by Crippen LogP contribution is 2.14. The van der Waals surface area contributed by atoms with E-state index in [9.17, 15) is 4.39 Å². The Balaban J connectivity index is 2.87. The van der Waals surface area contributed by atoms with Gasteiger partial charge in [0.1, 0.15) is 5.82 Å². The first-order valence-corrected chi connectivity index (χ1v) is 4.91. The lowest BCUT2D eigenvalue weighted by molar-refractivity contribution is 0.623. The summed E-state index contributed by atoms with van der Waals surface area (Å²) in [4.78, 5) is 0. The van der Waals surface area contributed by atoms with Crippen molar-refractivity contribution in [3.05, 3.63) is 41.2 Å². The number of halogens is 1. The van der Waals surface area contributed by atoms with Crippen molar-refractivity contribution in [1.29, 1.82) is 0 Å². The smallest absolute Gasteiger partial charge is 0.130 e. The van der Waals surface area contributed by atoms with Crippen molar-refractivity contribution in [1.82, 2.24) is 0 Å². The van der Waals surface area contributed by atoms with E-state index in [1.165, 1.54) is 6.07 Å². The summed E-state index contributed by atoms with van der Waals surface area (Å²) in [6, 6.07) is 5.11. The van der Waals surface area contributed by atoms with Gasteiger partial charge in [-0.1, -0.05) is 24.3 Å². The van der Waals surface area contributed by atoms with Crippen LogP contribution in [0.3, 0.4) is 0 Å². The maximum Gasteiger partial charge on any atom is 0.130 e. The van der Waals surface area contributed by atoms with Gasteiger partial charge in [-0.3, -0.25) is 0 Å². The van der Waals surface area contributed by atoms with Crippen LogP contribution in [-0.2, 0) is 0 Å². The molecule has 0 nitrogen and oxygen atoms in total. The van der Waals surface area contributed by atoms with Crippen LogP contribution in [-0.4, -0.2) is 5.75 Å². The monoisotopic (exact) mass is 196 g/mol. The van der Waals surface area contributed by atoms with Gasteiger partial charge in [0, 0.05) is 5.56 Å². The number of hydrogen-bond donors (Lipinski definition) is 1. The van der Waals surface area contributed by atoms with Crippen LogP contribution >= 0.6 is 12.6 Å². The lowest BCUT2D eigenvalue weighted by Gasteiger charge is -2.00. The number of rotatable bonds is 3. The maximum absolute atomic E-state index is 13.2. The molecule has 0 radical (unpaired) electrons. The summed E-state index contributed by atoms with van der Waals surface area (Å²) in [5.41, 5.74) is 1.65. The molecule has 0 aliphatic heterocycles. The second-order valence-corrected chi connectivity index (χ2v) is 3.33. The summed E-state index contributed by atoms with van der Waals surface area (Å²) in [5, 5.41) is 0. The van der Waals surface area contributed by atoms with E-state index in [0.717, 1.165) is 17.7 Å². The standard InChI is InChI=1S/C11H13FS/c1-9-5-4-7-11(12)10(9)6-2-3-8-13/h2,4-7,13H,3,8H2,1H3. The molecular formula is C11H13FS. The Bertz CT molecular complexity index is 285. The third-order valence-corrected chi connectivity index (χ3v) is 2.11. The SMILES string of the molecule is Cc1cccc(F)c1C=CCCS. The Labute approximate surface area is 83.9 Å². The number of thiol groups is 1. The van der Waals surface area contributed by atoms with E-state index in [-0.39, 0.29) is 5.82 Å². The molecule has 0 atom stereocenters. The van der Waals surface area contributed by atoms with E-state index < -0.39 is 0 Å². The predicted molar refractivity (Wildman–Crippen MR) is 58.6 cm³/mol. The van der Waals surface area contributed by atoms with Gasteiger partial charge >= 0.3 is 0 Å². The van der Waals surface area contributed by atoms with Crippen molar-refractivity contribution >= 4 is 18.7 Å². The van der Waals surface area contributed by atoms with Crippen LogP contribution in [0.1, 0.15) is 17.5 Å². The minimum absolute atomic E-state index is 0.157. The highest BCUT2D eigenvalue weighted by Gasteiger charge is 1.99. The van der Waals surface area contributed by atoms with Gasteiger partial charge in [-0.2, -0.15) is 12.6 Å². The van der Waals surface area contributed by atoms with Crippen LogP contribution in [0, 0.1) is 12.7 Å². The van der Waals surface area contributed by atoms with Gasteiger partial charge in [0.15, 0.2) is 0 Å². The van der Waals surface area contributed by atoms with Crippen molar-refractivity contribution < 1.29 is 4.39 Å². The van der Waals surface area contributed by atoms with Crippen LogP contribution in [0.4, 0.5) is 4.39 Å². The van der Waals surface area contributed by atoms with Gasteiger partial charge in [0.05, 0.1) is 0 Å². The van der Waals surface area contributed by atoms with Crippen molar-refractivity contribution in [2.45, 2.75) is 13.3 Å². The van der Waals surface area contributed by atoms with Crippen LogP contribution in [0.25, 0.3) is 6.08 Å². The van der Waals surface area contributed by atoms with Crippen LogP contribution in [0.15, 0.2) is 24.3 Å². The number of benzene rings is 1.